The number of amides is 1. The number of rotatable bonds is 2. The van der Waals surface area contributed by atoms with Gasteiger partial charge in [-0.2, -0.15) is 0 Å². The maximum absolute atomic E-state index is 12.2. The number of phenols is 1. The number of thioether (sulfide) groups is 1. The van der Waals surface area contributed by atoms with Crippen molar-refractivity contribution in [2.75, 3.05) is 0 Å². The standard InChI is InChI=1S/C20H20N2O2S/c1-11-5-6-16(12(2)7-11)21-20-22-19(24)17(25-20)10-15-8-13(3)18(23)14(4)9-15/h5-10,23H,1-4H3,(H,21,22,24). The number of nitrogens with one attached hydrogen (secondary N) is 1. The van der Waals surface area contributed by atoms with Gasteiger partial charge in [0.05, 0.1) is 10.6 Å². The first-order valence-electron chi connectivity index (χ1n) is 8.00. The molecule has 3 rings (SSSR count). The van der Waals surface area contributed by atoms with Crippen LogP contribution in [0, 0.1) is 27.7 Å². The zero-order chi connectivity index (χ0) is 18.1. The number of aliphatic imine (C=N–C) groups is 1. The maximum Gasteiger partial charge on any atom is 0.264 e. The van der Waals surface area contributed by atoms with Crippen LogP contribution >= 0.6 is 11.8 Å². The van der Waals surface area contributed by atoms with Crippen molar-refractivity contribution in [2.45, 2.75) is 27.7 Å². The van der Waals surface area contributed by atoms with Crippen molar-refractivity contribution in [1.29, 1.82) is 0 Å². The Morgan fingerprint density at radius 1 is 1.04 bits per heavy atom. The molecule has 1 amide bonds. The van der Waals surface area contributed by atoms with Gasteiger partial charge in [0.25, 0.3) is 5.91 Å². The summed E-state index contributed by atoms with van der Waals surface area (Å²) in [6, 6.07) is 9.76. The summed E-state index contributed by atoms with van der Waals surface area (Å²) in [5.41, 5.74) is 5.58. The largest absolute Gasteiger partial charge is 0.507 e. The second kappa shape index (κ2) is 6.76. The Kier molecular flexibility index (Phi) is 4.68. The minimum absolute atomic E-state index is 0.156. The summed E-state index contributed by atoms with van der Waals surface area (Å²) >= 11 is 1.33. The summed E-state index contributed by atoms with van der Waals surface area (Å²) in [6.45, 7) is 7.74. The number of amidine groups is 1. The van der Waals surface area contributed by atoms with E-state index in [1.165, 1.54) is 17.3 Å². The molecule has 0 unspecified atom stereocenters. The summed E-state index contributed by atoms with van der Waals surface area (Å²) in [7, 11) is 0. The average Bonchev–Trinajstić information content (AvgIpc) is 2.87. The molecule has 2 aromatic rings. The number of nitrogens with zero attached hydrogens (tertiary/aromatic N) is 1. The van der Waals surface area contributed by atoms with Crippen LogP contribution in [0.4, 0.5) is 5.69 Å². The number of hydrogen-bond acceptors (Lipinski definition) is 4. The van der Waals surface area contributed by atoms with Crippen LogP contribution in [-0.4, -0.2) is 16.2 Å². The normalized spacial score (nSPS) is 17.4. The van der Waals surface area contributed by atoms with Crippen molar-refractivity contribution in [3.63, 3.8) is 0 Å². The Bertz CT molecular complexity index is 906. The molecule has 128 valence electrons. The monoisotopic (exact) mass is 352 g/mol. The molecule has 1 fully saturated rings. The number of aryl methyl sites for hydroxylation is 4. The van der Waals surface area contributed by atoms with Crippen LogP contribution in [0.2, 0.25) is 0 Å². The van der Waals surface area contributed by atoms with E-state index in [-0.39, 0.29) is 5.91 Å². The summed E-state index contributed by atoms with van der Waals surface area (Å²) in [5.74, 6) is 0.139. The first-order chi connectivity index (χ1) is 11.8. The van der Waals surface area contributed by atoms with Gasteiger partial charge in [-0.15, -0.1) is 0 Å². The van der Waals surface area contributed by atoms with E-state index in [9.17, 15) is 9.90 Å². The fourth-order valence-corrected chi connectivity index (χ4v) is 3.58. The van der Waals surface area contributed by atoms with E-state index in [4.69, 9.17) is 0 Å². The van der Waals surface area contributed by atoms with E-state index >= 15 is 0 Å². The maximum atomic E-state index is 12.2. The number of aromatic hydroxyl groups is 1. The Labute approximate surface area is 151 Å². The molecular formula is C20H20N2O2S. The van der Waals surface area contributed by atoms with Crippen molar-refractivity contribution in [2.24, 2.45) is 4.99 Å². The summed E-state index contributed by atoms with van der Waals surface area (Å²) in [6.07, 6.45) is 1.82. The molecular weight excluding hydrogens is 332 g/mol. The predicted octanol–water partition coefficient (Wildman–Crippen LogP) is 4.52. The van der Waals surface area contributed by atoms with E-state index in [2.05, 4.69) is 16.4 Å². The second-order valence-electron chi connectivity index (χ2n) is 6.27. The summed E-state index contributed by atoms with van der Waals surface area (Å²) in [4.78, 5) is 17.4. The zero-order valence-corrected chi connectivity index (χ0v) is 15.5. The lowest BCUT2D eigenvalue weighted by Gasteiger charge is -2.05. The van der Waals surface area contributed by atoms with Crippen molar-refractivity contribution in [1.82, 2.24) is 5.32 Å². The molecule has 2 N–H and O–H groups in total. The van der Waals surface area contributed by atoms with E-state index in [1.54, 1.807) is 0 Å². The lowest BCUT2D eigenvalue weighted by atomic mass is 10.1. The third-order valence-electron chi connectivity index (χ3n) is 4.04. The zero-order valence-electron chi connectivity index (χ0n) is 14.7. The molecule has 0 spiro atoms. The second-order valence-corrected chi connectivity index (χ2v) is 7.31. The molecule has 2 aromatic carbocycles. The number of carbonyl (C=O) groups excluding carboxylic acids is 1. The van der Waals surface area contributed by atoms with E-state index in [1.807, 2.05) is 58.0 Å². The number of benzene rings is 2. The lowest BCUT2D eigenvalue weighted by molar-refractivity contribution is -0.115. The number of carbonyl (C=O) groups is 1. The molecule has 0 bridgehead atoms. The highest BCUT2D eigenvalue weighted by Gasteiger charge is 2.24. The van der Waals surface area contributed by atoms with Gasteiger partial charge in [-0.25, -0.2) is 4.99 Å². The summed E-state index contributed by atoms with van der Waals surface area (Å²) in [5, 5.41) is 13.3. The Balaban J connectivity index is 1.88. The van der Waals surface area contributed by atoms with Gasteiger partial charge in [-0.1, -0.05) is 17.7 Å². The molecule has 25 heavy (non-hydrogen) atoms. The minimum atomic E-state index is -0.156. The highest BCUT2D eigenvalue weighted by Crippen LogP contribution is 2.31. The van der Waals surface area contributed by atoms with Crippen LogP contribution in [0.5, 0.6) is 5.75 Å². The highest BCUT2D eigenvalue weighted by atomic mass is 32.2. The highest BCUT2D eigenvalue weighted by molar-refractivity contribution is 8.18. The van der Waals surface area contributed by atoms with Crippen LogP contribution in [-0.2, 0) is 4.79 Å². The fraction of sp³-hybridized carbons (Fsp3) is 0.200. The third kappa shape index (κ3) is 3.77. The minimum Gasteiger partial charge on any atom is -0.507 e. The van der Waals surface area contributed by atoms with Gasteiger partial charge >= 0.3 is 0 Å². The van der Waals surface area contributed by atoms with Gasteiger partial charge in [0, 0.05) is 0 Å². The van der Waals surface area contributed by atoms with Crippen LogP contribution in [0.15, 0.2) is 40.2 Å². The van der Waals surface area contributed by atoms with Gasteiger partial charge in [0.2, 0.25) is 0 Å². The molecule has 0 atom stereocenters. The van der Waals surface area contributed by atoms with E-state index in [0.717, 1.165) is 27.9 Å². The van der Waals surface area contributed by atoms with Crippen molar-refractivity contribution in [3.05, 3.63) is 63.1 Å². The molecule has 1 heterocycles. The fourth-order valence-electron chi connectivity index (χ4n) is 2.74. The van der Waals surface area contributed by atoms with Gasteiger partial charge < -0.3 is 10.4 Å². The molecule has 5 heteroatoms. The summed E-state index contributed by atoms with van der Waals surface area (Å²) < 4.78 is 0. The van der Waals surface area contributed by atoms with Gasteiger partial charge in [0.15, 0.2) is 5.17 Å². The first-order valence-corrected chi connectivity index (χ1v) is 8.82. The van der Waals surface area contributed by atoms with Crippen LogP contribution in [0.3, 0.4) is 0 Å². The molecule has 0 aliphatic carbocycles. The Hall–Kier alpha value is -2.53. The molecule has 1 aliphatic heterocycles. The topological polar surface area (TPSA) is 61.7 Å². The van der Waals surface area contributed by atoms with Crippen LogP contribution in [0.1, 0.15) is 27.8 Å². The third-order valence-corrected chi connectivity index (χ3v) is 4.95. The smallest absolute Gasteiger partial charge is 0.264 e. The van der Waals surface area contributed by atoms with E-state index in [0.29, 0.717) is 15.8 Å². The average molecular weight is 352 g/mol. The van der Waals surface area contributed by atoms with Crippen molar-refractivity contribution < 1.29 is 9.90 Å². The molecule has 1 saturated heterocycles. The lowest BCUT2D eigenvalue weighted by Crippen LogP contribution is -2.19. The van der Waals surface area contributed by atoms with Crippen molar-refractivity contribution >= 4 is 34.6 Å². The van der Waals surface area contributed by atoms with Gasteiger partial charge in [-0.3, -0.25) is 4.79 Å². The molecule has 4 nitrogen and oxygen atoms in total. The quantitative estimate of drug-likeness (QED) is 0.781. The Morgan fingerprint density at radius 3 is 2.36 bits per heavy atom. The molecule has 0 saturated carbocycles. The SMILES string of the molecule is Cc1ccc(N=C2NC(=O)C(=Cc3cc(C)c(O)c(C)c3)S2)c(C)c1. The van der Waals surface area contributed by atoms with Crippen molar-refractivity contribution in [3.8, 4) is 5.75 Å². The number of hydrogen-bond donors (Lipinski definition) is 2. The van der Waals surface area contributed by atoms with Crippen LogP contribution < -0.4 is 5.32 Å². The first kappa shape index (κ1) is 17.3. The van der Waals surface area contributed by atoms with Crippen LogP contribution in [0.25, 0.3) is 6.08 Å². The van der Waals surface area contributed by atoms with Gasteiger partial charge in [-0.05, 0) is 86.0 Å². The molecule has 0 radical (unpaired) electrons. The van der Waals surface area contributed by atoms with E-state index < -0.39 is 0 Å². The predicted molar refractivity (Wildman–Crippen MR) is 104 cm³/mol. The van der Waals surface area contributed by atoms with Gasteiger partial charge in [0.1, 0.15) is 5.75 Å². The number of phenolic OH excluding ortho intramolecular Hbond substituents is 1. The Morgan fingerprint density at radius 2 is 1.72 bits per heavy atom. The molecule has 0 aromatic heterocycles. The molecule has 1 aliphatic rings.